The first-order valence-corrected chi connectivity index (χ1v) is 6.24. The van der Waals surface area contributed by atoms with Crippen molar-refractivity contribution in [3.63, 3.8) is 0 Å². The highest BCUT2D eigenvalue weighted by molar-refractivity contribution is 5.40. The zero-order chi connectivity index (χ0) is 13.7. The normalized spacial score (nSPS) is 11.6. The summed E-state index contributed by atoms with van der Waals surface area (Å²) in [4.78, 5) is 8.00. The number of benzene rings is 1. The van der Waals surface area contributed by atoms with E-state index in [1.807, 2.05) is 30.3 Å². The molecule has 1 unspecified atom stereocenters. The van der Waals surface area contributed by atoms with Crippen LogP contribution >= 0.6 is 0 Å². The van der Waals surface area contributed by atoms with Crippen LogP contribution < -0.4 is 4.74 Å². The molecule has 1 aromatic carbocycles. The first kappa shape index (κ1) is 13.0. The Balaban J connectivity index is 2.36. The molecule has 2 rings (SSSR count). The Morgan fingerprint density at radius 3 is 2.74 bits per heavy atom. The van der Waals surface area contributed by atoms with E-state index in [0.29, 0.717) is 5.92 Å². The van der Waals surface area contributed by atoms with Crippen LogP contribution in [0.25, 0.3) is 0 Å². The molecule has 0 radical (unpaired) electrons. The molecule has 0 spiro atoms. The van der Waals surface area contributed by atoms with Gasteiger partial charge in [0.2, 0.25) is 5.69 Å². The minimum absolute atomic E-state index is 0.196. The van der Waals surface area contributed by atoms with Gasteiger partial charge < -0.3 is 4.74 Å². The van der Waals surface area contributed by atoms with Crippen molar-refractivity contribution in [1.82, 2.24) is 9.97 Å². The highest BCUT2D eigenvalue weighted by atomic mass is 16.5. The van der Waals surface area contributed by atoms with Crippen molar-refractivity contribution in [2.75, 3.05) is 0 Å². The lowest BCUT2D eigenvalue weighted by Gasteiger charge is -2.14. The molecule has 19 heavy (non-hydrogen) atoms. The van der Waals surface area contributed by atoms with Crippen LogP contribution in [0.2, 0.25) is 0 Å². The van der Waals surface area contributed by atoms with Crippen molar-refractivity contribution in [1.29, 1.82) is 5.26 Å². The van der Waals surface area contributed by atoms with E-state index < -0.39 is 0 Å². The maximum absolute atomic E-state index is 8.99. The van der Waals surface area contributed by atoms with Gasteiger partial charge in [0, 0.05) is 12.4 Å². The maximum atomic E-state index is 8.99. The molecule has 0 amide bonds. The Morgan fingerprint density at radius 2 is 2.00 bits per heavy atom. The fourth-order valence-electron chi connectivity index (χ4n) is 1.78. The zero-order valence-corrected chi connectivity index (χ0v) is 11.0. The standard InChI is InChI=1S/C15H15N3O/c1-3-11(2)12-6-4-5-7-14(12)19-15-13(10-16)17-8-9-18-15/h4-9,11H,3H2,1-2H3. The molecule has 0 N–H and O–H groups in total. The Hall–Kier alpha value is -2.41. The van der Waals surface area contributed by atoms with Crippen LogP contribution in [0.15, 0.2) is 36.7 Å². The van der Waals surface area contributed by atoms with Crippen LogP contribution in [-0.4, -0.2) is 9.97 Å². The molecule has 96 valence electrons. The first-order valence-electron chi connectivity index (χ1n) is 6.24. The van der Waals surface area contributed by atoms with Crippen molar-refractivity contribution in [2.45, 2.75) is 26.2 Å². The van der Waals surface area contributed by atoms with Crippen molar-refractivity contribution in [3.8, 4) is 17.7 Å². The van der Waals surface area contributed by atoms with E-state index in [2.05, 4.69) is 23.8 Å². The van der Waals surface area contributed by atoms with Crippen LogP contribution in [0.5, 0.6) is 11.6 Å². The number of rotatable bonds is 4. The molecule has 4 heteroatoms. The Labute approximate surface area is 112 Å². The number of nitriles is 1. The van der Waals surface area contributed by atoms with Crippen molar-refractivity contribution >= 4 is 0 Å². The largest absolute Gasteiger partial charge is 0.436 e. The third kappa shape index (κ3) is 2.89. The molecular weight excluding hydrogens is 238 g/mol. The summed E-state index contributed by atoms with van der Waals surface area (Å²) in [5.74, 6) is 1.37. The zero-order valence-electron chi connectivity index (χ0n) is 11.0. The maximum Gasteiger partial charge on any atom is 0.256 e. The predicted molar refractivity (Wildman–Crippen MR) is 72.0 cm³/mol. The minimum atomic E-state index is 0.196. The van der Waals surface area contributed by atoms with Crippen molar-refractivity contribution in [3.05, 3.63) is 47.9 Å². The predicted octanol–water partition coefficient (Wildman–Crippen LogP) is 3.65. The molecule has 0 aliphatic rings. The molecule has 0 bridgehead atoms. The Bertz CT molecular complexity index is 604. The Kier molecular flexibility index (Phi) is 4.09. The van der Waals surface area contributed by atoms with Crippen LogP contribution in [0.3, 0.4) is 0 Å². The quantitative estimate of drug-likeness (QED) is 0.834. The van der Waals surface area contributed by atoms with Gasteiger partial charge in [-0.05, 0) is 24.0 Å². The van der Waals surface area contributed by atoms with Gasteiger partial charge >= 0.3 is 0 Å². The van der Waals surface area contributed by atoms with Gasteiger partial charge in [0.25, 0.3) is 5.88 Å². The number of nitrogens with zero attached hydrogens (tertiary/aromatic N) is 3. The number of hydrogen-bond acceptors (Lipinski definition) is 4. The topological polar surface area (TPSA) is 58.8 Å². The molecule has 0 fully saturated rings. The van der Waals surface area contributed by atoms with Crippen LogP contribution in [-0.2, 0) is 0 Å². The van der Waals surface area contributed by atoms with Crippen LogP contribution in [0, 0.1) is 11.3 Å². The van der Waals surface area contributed by atoms with E-state index in [1.165, 1.54) is 12.4 Å². The van der Waals surface area contributed by atoms with E-state index in [-0.39, 0.29) is 11.6 Å². The van der Waals surface area contributed by atoms with E-state index in [0.717, 1.165) is 17.7 Å². The number of aromatic nitrogens is 2. The summed E-state index contributed by atoms with van der Waals surface area (Å²) in [6, 6.07) is 9.79. The molecule has 0 aliphatic carbocycles. The summed E-state index contributed by atoms with van der Waals surface area (Å²) in [6.07, 6.45) is 4.01. The van der Waals surface area contributed by atoms with Crippen LogP contribution in [0.4, 0.5) is 0 Å². The molecule has 2 aromatic rings. The van der Waals surface area contributed by atoms with Gasteiger partial charge in [0.05, 0.1) is 0 Å². The Morgan fingerprint density at radius 1 is 1.26 bits per heavy atom. The van der Waals surface area contributed by atoms with E-state index in [9.17, 15) is 0 Å². The third-order valence-electron chi connectivity index (χ3n) is 3.04. The number of hydrogen-bond donors (Lipinski definition) is 0. The van der Waals surface area contributed by atoms with Gasteiger partial charge in [0.15, 0.2) is 0 Å². The lowest BCUT2D eigenvalue weighted by molar-refractivity contribution is 0.447. The summed E-state index contributed by atoms with van der Waals surface area (Å²) in [5, 5.41) is 8.99. The average Bonchev–Trinajstić information content (AvgIpc) is 2.47. The minimum Gasteiger partial charge on any atom is -0.436 e. The third-order valence-corrected chi connectivity index (χ3v) is 3.04. The smallest absolute Gasteiger partial charge is 0.256 e. The SMILES string of the molecule is CCC(C)c1ccccc1Oc1nccnc1C#N. The summed E-state index contributed by atoms with van der Waals surface area (Å²) in [6.45, 7) is 4.27. The molecule has 1 atom stereocenters. The lowest BCUT2D eigenvalue weighted by Crippen LogP contribution is -1.99. The first-order chi connectivity index (χ1) is 9.26. The fourth-order valence-corrected chi connectivity index (χ4v) is 1.78. The molecule has 0 saturated heterocycles. The molecule has 1 heterocycles. The second-order valence-electron chi connectivity index (χ2n) is 4.27. The summed E-state index contributed by atoms with van der Waals surface area (Å²) < 4.78 is 5.76. The molecule has 4 nitrogen and oxygen atoms in total. The van der Waals surface area contributed by atoms with E-state index in [4.69, 9.17) is 10.00 Å². The summed E-state index contributed by atoms with van der Waals surface area (Å²) in [7, 11) is 0. The van der Waals surface area contributed by atoms with Gasteiger partial charge in [-0.15, -0.1) is 0 Å². The summed E-state index contributed by atoms with van der Waals surface area (Å²) in [5.41, 5.74) is 1.31. The van der Waals surface area contributed by atoms with Gasteiger partial charge in [-0.1, -0.05) is 32.0 Å². The lowest BCUT2D eigenvalue weighted by atomic mass is 9.98. The highest BCUT2D eigenvalue weighted by Gasteiger charge is 2.13. The summed E-state index contributed by atoms with van der Waals surface area (Å²) >= 11 is 0. The molecule has 0 saturated carbocycles. The van der Waals surface area contributed by atoms with E-state index in [1.54, 1.807) is 0 Å². The number of para-hydroxylation sites is 1. The second kappa shape index (κ2) is 5.96. The number of ether oxygens (including phenoxy) is 1. The molecular formula is C15H15N3O. The van der Waals surface area contributed by atoms with Crippen molar-refractivity contribution in [2.24, 2.45) is 0 Å². The van der Waals surface area contributed by atoms with Gasteiger partial charge in [-0.25, -0.2) is 9.97 Å². The highest BCUT2D eigenvalue weighted by Crippen LogP contribution is 2.31. The van der Waals surface area contributed by atoms with Gasteiger partial charge in [-0.3, -0.25) is 0 Å². The molecule has 1 aromatic heterocycles. The fraction of sp³-hybridized carbons (Fsp3) is 0.267. The van der Waals surface area contributed by atoms with Crippen molar-refractivity contribution < 1.29 is 4.74 Å². The second-order valence-corrected chi connectivity index (χ2v) is 4.27. The van der Waals surface area contributed by atoms with E-state index >= 15 is 0 Å². The van der Waals surface area contributed by atoms with Crippen LogP contribution in [0.1, 0.15) is 37.4 Å². The van der Waals surface area contributed by atoms with Gasteiger partial charge in [-0.2, -0.15) is 5.26 Å². The monoisotopic (exact) mass is 253 g/mol. The molecule has 0 aliphatic heterocycles. The van der Waals surface area contributed by atoms with Gasteiger partial charge in [0.1, 0.15) is 11.8 Å². The average molecular weight is 253 g/mol.